The molecule has 0 radical (unpaired) electrons. The first-order valence-corrected chi connectivity index (χ1v) is 11.7. The molecule has 0 atom stereocenters. The molecule has 3 heterocycles. The molecular formula is C21H22N6OS2. The molecule has 2 fully saturated rings. The molecule has 7 nitrogen and oxygen atoms in total. The van der Waals surface area contributed by atoms with Crippen LogP contribution in [0.15, 0.2) is 46.6 Å². The van der Waals surface area contributed by atoms with Crippen molar-refractivity contribution in [1.82, 2.24) is 15.0 Å². The lowest BCUT2D eigenvalue weighted by molar-refractivity contribution is -0.117. The number of carbonyl (C=O) groups excluding carboxylic acids is 1. The zero-order valence-corrected chi connectivity index (χ0v) is 18.2. The van der Waals surface area contributed by atoms with E-state index in [1.54, 1.807) is 11.3 Å². The first-order chi connectivity index (χ1) is 14.6. The SMILES string of the molecule is Cc1cnc(Nc2cc(N3CCC3)nc(Sc3ccc(NC(=O)C4CC4)cc3)n2)s1. The summed E-state index contributed by atoms with van der Waals surface area (Å²) in [5.41, 5.74) is 0.827. The van der Waals surface area contributed by atoms with Gasteiger partial charge in [-0.2, -0.15) is 0 Å². The minimum Gasteiger partial charge on any atom is -0.356 e. The minimum atomic E-state index is 0.120. The summed E-state index contributed by atoms with van der Waals surface area (Å²) in [4.78, 5) is 30.2. The molecule has 1 aliphatic carbocycles. The predicted octanol–water partition coefficient (Wildman–Crippen LogP) is 4.69. The van der Waals surface area contributed by atoms with E-state index >= 15 is 0 Å². The fourth-order valence-electron chi connectivity index (χ4n) is 3.05. The molecule has 0 bridgehead atoms. The van der Waals surface area contributed by atoms with Gasteiger partial charge in [0.1, 0.15) is 11.6 Å². The van der Waals surface area contributed by atoms with Crippen LogP contribution in [0.1, 0.15) is 24.1 Å². The number of carbonyl (C=O) groups is 1. The number of aromatic nitrogens is 3. The lowest BCUT2D eigenvalue weighted by Gasteiger charge is -2.32. The van der Waals surface area contributed by atoms with Gasteiger partial charge < -0.3 is 15.5 Å². The van der Waals surface area contributed by atoms with E-state index in [4.69, 9.17) is 4.98 Å². The van der Waals surface area contributed by atoms with E-state index in [1.807, 2.05) is 43.5 Å². The smallest absolute Gasteiger partial charge is 0.227 e. The number of rotatable bonds is 7. The number of nitrogens with one attached hydrogen (secondary N) is 2. The summed E-state index contributed by atoms with van der Waals surface area (Å²) in [6.45, 7) is 4.07. The Kier molecular flexibility index (Phi) is 5.30. The fourth-order valence-corrected chi connectivity index (χ4v) is 4.49. The van der Waals surface area contributed by atoms with Gasteiger partial charge in [-0.3, -0.25) is 4.79 Å². The average molecular weight is 439 g/mol. The summed E-state index contributed by atoms with van der Waals surface area (Å²) in [6, 6.07) is 9.82. The van der Waals surface area contributed by atoms with Crippen LogP contribution in [-0.2, 0) is 4.79 Å². The summed E-state index contributed by atoms with van der Waals surface area (Å²) < 4.78 is 0. The van der Waals surface area contributed by atoms with Gasteiger partial charge in [-0.1, -0.05) is 0 Å². The first-order valence-electron chi connectivity index (χ1n) is 10.0. The van der Waals surface area contributed by atoms with Gasteiger partial charge in [-0.05, 0) is 62.2 Å². The van der Waals surface area contributed by atoms with Crippen molar-refractivity contribution in [3.05, 3.63) is 41.4 Å². The maximum Gasteiger partial charge on any atom is 0.227 e. The van der Waals surface area contributed by atoms with Crippen LogP contribution in [0.5, 0.6) is 0 Å². The third kappa shape index (κ3) is 4.57. The summed E-state index contributed by atoms with van der Waals surface area (Å²) in [7, 11) is 0. The molecule has 30 heavy (non-hydrogen) atoms. The molecule has 1 amide bonds. The van der Waals surface area contributed by atoms with Crippen molar-refractivity contribution in [2.75, 3.05) is 28.6 Å². The van der Waals surface area contributed by atoms with Gasteiger partial charge >= 0.3 is 0 Å². The number of nitrogens with zero attached hydrogens (tertiary/aromatic N) is 4. The molecule has 0 unspecified atom stereocenters. The van der Waals surface area contributed by atoms with Crippen LogP contribution in [-0.4, -0.2) is 33.9 Å². The van der Waals surface area contributed by atoms with Crippen LogP contribution in [0, 0.1) is 12.8 Å². The highest BCUT2D eigenvalue weighted by atomic mass is 32.2. The van der Waals surface area contributed by atoms with E-state index in [0.717, 1.165) is 58.2 Å². The Labute approximate surface area is 183 Å². The van der Waals surface area contributed by atoms with E-state index in [9.17, 15) is 4.79 Å². The van der Waals surface area contributed by atoms with Crippen LogP contribution in [0.4, 0.5) is 22.5 Å². The molecule has 2 aromatic heterocycles. The second-order valence-electron chi connectivity index (χ2n) is 7.53. The molecule has 1 saturated heterocycles. The van der Waals surface area contributed by atoms with Crippen LogP contribution in [0.3, 0.4) is 0 Å². The molecule has 2 aliphatic rings. The Balaban J connectivity index is 1.33. The summed E-state index contributed by atoms with van der Waals surface area (Å²) in [6.07, 6.45) is 5.04. The molecule has 2 N–H and O–H groups in total. The fraction of sp³-hybridized carbons (Fsp3) is 0.333. The Morgan fingerprint density at radius 2 is 2.00 bits per heavy atom. The molecule has 1 aromatic carbocycles. The van der Waals surface area contributed by atoms with Crippen molar-refractivity contribution >= 4 is 51.5 Å². The van der Waals surface area contributed by atoms with E-state index in [0.29, 0.717) is 5.16 Å². The number of thiazole rings is 1. The maximum absolute atomic E-state index is 11.9. The maximum atomic E-state index is 11.9. The quantitative estimate of drug-likeness (QED) is 0.518. The number of hydrogen-bond donors (Lipinski definition) is 2. The molecule has 154 valence electrons. The minimum absolute atomic E-state index is 0.120. The van der Waals surface area contributed by atoms with E-state index in [2.05, 4.69) is 25.5 Å². The van der Waals surface area contributed by atoms with Crippen molar-refractivity contribution in [3.8, 4) is 0 Å². The predicted molar refractivity (Wildman–Crippen MR) is 121 cm³/mol. The molecule has 5 rings (SSSR count). The molecule has 3 aromatic rings. The Morgan fingerprint density at radius 1 is 1.20 bits per heavy atom. The second-order valence-corrected chi connectivity index (χ2v) is 9.80. The highest BCUT2D eigenvalue weighted by molar-refractivity contribution is 7.99. The van der Waals surface area contributed by atoms with Gasteiger partial charge in [-0.25, -0.2) is 15.0 Å². The topological polar surface area (TPSA) is 83.0 Å². The highest BCUT2D eigenvalue weighted by Gasteiger charge is 2.29. The molecule has 1 saturated carbocycles. The lowest BCUT2D eigenvalue weighted by Crippen LogP contribution is -2.37. The third-order valence-electron chi connectivity index (χ3n) is 5.01. The van der Waals surface area contributed by atoms with Crippen molar-refractivity contribution < 1.29 is 4.79 Å². The molecular weight excluding hydrogens is 416 g/mol. The second kappa shape index (κ2) is 8.23. The van der Waals surface area contributed by atoms with Crippen LogP contribution in [0.25, 0.3) is 0 Å². The van der Waals surface area contributed by atoms with Crippen molar-refractivity contribution in [2.24, 2.45) is 5.92 Å². The largest absolute Gasteiger partial charge is 0.356 e. The van der Waals surface area contributed by atoms with Gasteiger partial charge in [0.2, 0.25) is 5.91 Å². The van der Waals surface area contributed by atoms with Gasteiger partial charge in [-0.15, -0.1) is 11.3 Å². The molecule has 0 spiro atoms. The number of benzene rings is 1. The van der Waals surface area contributed by atoms with E-state index < -0.39 is 0 Å². The van der Waals surface area contributed by atoms with Crippen molar-refractivity contribution in [1.29, 1.82) is 0 Å². The number of aryl methyl sites for hydroxylation is 1. The van der Waals surface area contributed by atoms with Crippen LogP contribution >= 0.6 is 23.1 Å². The van der Waals surface area contributed by atoms with Crippen LogP contribution < -0.4 is 15.5 Å². The van der Waals surface area contributed by atoms with Crippen molar-refractivity contribution in [3.63, 3.8) is 0 Å². The number of hydrogen-bond acceptors (Lipinski definition) is 8. The summed E-state index contributed by atoms with van der Waals surface area (Å²) >= 11 is 3.11. The third-order valence-corrected chi connectivity index (χ3v) is 6.71. The van der Waals surface area contributed by atoms with E-state index in [1.165, 1.54) is 18.2 Å². The van der Waals surface area contributed by atoms with Gasteiger partial charge in [0.05, 0.1) is 0 Å². The summed E-state index contributed by atoms with van der Waals surface area (Å²) in [5, 5.41) is 7.79. The summed E-state index contributed by atoms with van der Waals surface area (Å²) in [5.74, 6) is 2.00. The van der Waals surface area contributed by atoms with Gasteiger partial charge in [0.25, 0.3) is 0 Å². The van der Waals surface area contributed by atoms with E-state index in [-0.39, 0.29) is 11.8 Å². The number of anilines is 4. The Bertz CT molecular complexity index is 1060. The highest BCUT2D eigenvalue weighted by Crippen LogP contribution is 2.33. The lowest BCUT2D eigenvalue weighted by atomic mass is 10.2. The Hall–Kier alpha value is -2.65. The average Bonchev–Trinajstić information content (AvgIpc) is 3.45. The standard InChI is InChI=1S/C21H22N6OS2/c1-13-12-22-20(29-13)24-17-11-18(27-9-2-10-27)26-21(25-17)30-16-7-5-15(6-8-16)23-19(28)14-3-4-14/h5-8,11-12,14H,2-4,9-10H2,1H3,(H,23,28)(H,22,24,25,26). The zero-order valence-electron chi connectivity index (χ0n) is 16.6. The van der Waals surface area contributed by atoms with Crippen LogP contribution in [0.2, 0.25) is 0 Å². The first kappa shape index (κ1) is 19.3. The number of amides is 1. The zero-order chi connectivity index (χ0) is 20.5. The molecule has 1 aliphatic heterocycles. The monoisotopic (exact) mass is 438 g/mol. The van der Waals surface area contributed by atoms with Crippen molar-refractivity contribution in [2.45, 2.75) is 36.2 Å². The Morgan fingerprint density at radius 3 is 2.63 bits per heavy atom. The van der Waals surface area contributed by atoms with Gasteiger partial charge in [0, 0.05) is 46.7 Å². The molecule has 9 heteroatoms. The van der Waals surface area contributed by atoms with Gasteiger partial charge in [0.15, 0.2) is 10.3 Å². The normalized spacial score (nSPS) is 15.6.